The Labute approximate surface area is 83.2 Å². The number of aliphatic hydroxyl groups excluding tert-OH is 1. The topological polar surface area (TPSA) is 35.8 Å². The van der Waals surface area contributed by atoms with E-state index in [0.29, 0.717) is 23.8 Å². The molecule has 2 aliphatic rings. The minimum absolute atomic E-state index is 0.324. The average molecular weight is 200 g/mol. The Kier molecular flexibility index (Phi) is 2.51. The molecular weight excluding hydrogens is 184 g/mol. The van der Waals surface area contributed by atoms with Crippen LogP contribution in [0.3, 0.4) is 0 Å². The van der Waals surface area contributed by atoms with Gasteiger partial charge in [0.15, 0.2) is 5.17 Å². The minimum Gasteiger partial charge on any atom is -0.396 e. The molecule has 0 aromatic carbocycles. The van der Waals surface area contributed by atoms with E-state index in [4.69, 9.17) is 5.11 Å². The van der Waals surface area contributed by atoms with E-state index >= 15 is 0 Å². The van der Waals surface area contributed by atoms with Crippen molar-refractivity contribution in [1.82, 2.24) is 4.90 Å². The molecule has 1 heterocycles. The molecular formula is C9H16N2OS. The van der Waals surface area contributed by atoms with Crippen molar-refractivity contribution in [3.63, 3.8) is 0 Å². The Hall–Kier alpha value is -0.220. The van der Waals surface area contributed by atoms with Gasteiger partial charge in [-0.25, -0.2) is 0 Å². The zero-order valence-electron chi connectivity index (χ0n) is 8.10. The first-order valence-electron chi connectivity index (χ1n) is 4.75. The Morgan fingerprint density at radius 3 is 2.92 bits per heavy atom. The van der Waals surface area contributed by atoms with Crippen molar-refractivity contribution in [2.24, 2.45) is 10.9 Å². The molecule has 3 unspecified atom stereocenters. The molecule has 3 atom stereocenters. The van der Waals surface area contributed by atoms with E-state index in [9.17, 15) is 0 Å². The lowest BCUT2D eigenvalue weighted by Gasteiger charge is -2.16. The summed E-state index contributed by atoms with van der Waals surface area (Å²) in [6, 6.07) is 0.472. The van der Waals surface area contributed by atoms with Gasteiger partial charge in [-0.05, 0) is 18.8 Å². The quantitative estimate of drug-likeness (QED) is 0.680. The highest BCUT2D eigenvalue weighted by molar-refractivity contribution is 8.14. The van der Waals surface area contributed by atoms with Crippen molar-refractivity contribution in [2.45, 2.75) is 24.1 Å². The Bertz CT molecular complexity index is 230. The van der Waals surface area contributed by atoms with Crippen LogP contribution in [0.1, 0.15) is 12.8 Å². The molecule has 0 aromatic rings. The molecule has 1 saturated carbocycles. The molecule has 74 valence electrons. The second kappa shape index (κ2) is 3.50. The van der Waals surface area contributed by atoms with Crippen LogP contribution in [0.2, 0.25) is 0 Å². The molecule has 1 fully saturated rings. The Balaban J connectivity index is 2.05. The van der Waals surface area contributed by atoms with Crippen LogP contribution in [0, 0.1) is 5.92 Å². The lowest BCUT2D eigenvalue weighted by atomic mass is 10.1. The zero-order valence-corrected chi connectivity index (χ0v) is 8.92. The highest BCUT2D eigenvalue weighted by atomic mass is 32.2. The summed E-state index contributed by atoms with van der Waals surface area (Å²) in [5.74, 6) is 0.469. The van der Waals surface area contributed by atoms with Crippen LogP contribution in [0.15, 0.2) is 4.99 Å². The number of amidine groups is 1. The summed E-state index contributed by atoms with van der Waals surface area (Å²) in [4.78, 5) is 6.71. The minimum atomic E-state index is 0.324. The third kappa shape index (κ3) is 1.57. The summed E-state index contributed by atoms with van der Waals surface area (Å²) in [6.07, 6.45) is 2.29. The van der Waals surface area contributed by atoms with Crippen molar-refractivity contribution in [3.05, 3.63) is 0 Å². The first-order valence-corrected chi connectivity index (χ1v) is 5.63. The van der Waals surface area contributed by atoms with Gasteiger partial charge in [-0.15, -0.1) is 0 Å². The molecule has 13 heavy (non-hydrogen) atoms. The smallest absolute Gasteiger partial charge is 0.159 e. The summed E-state index contributed by atoms with van der Waals surface area (Å²) in [7, 11) is 4.06. The highest BCUT2D eigenvalue weighted by Crippen LogP contribution is 2.42. The largest absolute Gasteiger partial charge is 0.396 e. The number of thioether (sulfide) groups is 1. The second-order valence-electron chi connectivity index (χ2n) is 3.98. The number of aliphatic hydroxyl groups is 1. The number of nitrogens with zero attached hydrogens (tertiary/aromatic N) is 2. The predicted molar refractivity (Wildman–Crippen MR) is 56.1 cm³/mol. The van der Waals surface area contributed by atoms with Crippen LogP contribution in [0.5, 0.6) is 0 Å². The maximum atomic E-state index is 9.16. The first kappa shape index (κ1) is 9.34. The summed E-state index contributed by atoms with van der Waals surface area (Å²) in [5.41, 5.74) is 0. The zero-order chi connectivity index (χ0) is 9.42. The van der Waals surface area contributed by atoms with Crippen LogP contribution in [0.25, 0.3) is 0 Å². The van der Waals surface area contributed by atoms with Crippen molar-refractivity contribution >= 4 is 16.9 Å². The molecule has 1 N–H and O–H groups in total. The van der Waals surface area contributed by atoms with Gasteiger partial charge in [0.25, 0.3) is 0 Å². The molecule has 4 heteroatoms. The molecule has 0 radical (unpaired) electrons. The standard InChI is InChI=1S/C9H16N2OS/c1-11(2)9-10-7-4-3-6(5-12)8(7)13-9/h6-8,12H,3-5H2,1-2H3. The van der Waals surface area contributed by atoms with Crippen molar-refractivity contribution in [3.8, 4) is 0 Å². The Morgan fingerprint density at radius 2 is 2.31 bits per heavy atom. The van der Waals surface area contributed by atoms with E-state index in [1.54, 1.807) is 0 Å². The monoisotopic (exact) mass is 200 g/mol. The molecule has 0 spiro atoms. The average Bonchev–Trinajstić information content (AvgIpc) is 2.60. The fraction of sp³-hybridized carbons (Fsp3) is 0.889. The molecule has 0 amide bonds. The van der Waals surface area contributed by atoms with Crippen LogP contribution >= 0.6 is 11.8 Å². The van der Waals surface area contributed by atoms with Crippen LogP contribution in [0.4, 0.5) is 0 Å². The summed E-state index contributed by atoms with van der Waals surface area (Å²) >= 11 is 1.84. The third-order valence-corrected chi connectivity index (χ3v) is 4.46. The third-order valence-electron chi connectivity index (χ3n) is 2.81. The van der Waals surface area contributed by atoms with E-state index in [0.717, 1.165) is 18.0 Å². The fourth-order valence-electron chi connectivity index (χ4n) is 2.05. The number of aliphatic imine (C=N–C) groups is 1. The van der Waals surface area contributed by atoms with Crippen molar-refractivity contribution in [1.29, 1.82) is 0 Å². The van der Waals surface area contributed by atoms with Gasteiger partial charge >= 0.3 is 0 Å². The van der Waals surface area contributed by atoms with E-state index in [-0.39, 0.29) is 0 Å². The maximum Gasteiger partial charge on any atom is 0.159 e. The lowest BCUT2D eigenvalue weighted by Crippen LogP contribution is -2.21. The van der Waals surface area contributed by atoms with Crippen molar-refractivity contribution in [2.75, 3.05) is 20.7 Å². The number of hydrogen-bond donors (Lipinski definition) is 1. The van der Waals surface area contributed by atoms with Gasteiger partial charge in [-0.2, -0.15) is 0 Å². The highest BCUT2D eigenvalue weighted by Gasteiger charge is 2.41. The van der Waals surface area contributed by atoms with Gasteiger partial charge in [0.1, 0.15) is 0 Å². The van der Waals surface area contributed by atoms with Crippen LogP contribution in [-0.4, -0.2) is 47.2 Å². The molecule has 3 nitrogen and oxygen atoms in total. The lowest BCUT2D eigenvalue weighted by molar-refractivity contribution is 0.232. The van der Waals surface area contributed by atoms with Crippen LogP contribution in [-0.2, 0) is 0 Å². The van der Waals surface area contributed by atoms with Gasteiger partial charge in [0.2, 0.25) is 0 Å². The molecule has 0 bridgehead atoms. The normalized spacial score (nSPS) is 37.5. The Morgan fingerprint density at radius 1 is 1.54 bits per heavy atom. The van der Waals surface area contributed by atoms with Gasteiger partial charge in [0.05, 0.1) is 6.04 Å². The van der Waals surface area contributed by atoms with E-state index in [2.05, 4.69) is 9.89 Å². The summed E-state index contributed by atoms with van der Waals surface area (Å²) in [5, 5.41) is 10.8. The van der Waals surface area contributed by atoms with Gasteiger partial charge in [-0.1, -0.05) is 11.8 Å². The second-order valence-corrected chi connectivity index (χ2v) is 5.12. The maximum absolute atomic E-state index is 9.16. The van der Waals surface area contributed by atoms with E-state index in [1.165, 1.54) is 0 Å². The SMILES string of the molecule is CN(C)C1=NC2CCC(CO)C2S1. The van der Waals surface area contributed by atoms with Gasteiger partial charge in [-0.3, -0.25) is 4.99 Å². The number of hydrogen-bond acceptors (Lipinski definition) is 4. The van der Waals surface area contributed by atoms with E-state index < -0.39 is 0 Å². The molecule has 0 aromatic heterocycles. The molecule has 0 saturated heterocycles. The fourth-order valence-corrected chi connectivity index (χ4v) is 3.47. The van der Waals surface area contributed by atoms with Gasteiger partial charge in [0, 0.05) is 26.0 Å². The summed E-state index contributed by atoms with van der Waals surface area (Å²) in [6.45, 7) is 0.324. The first-order chi connectivity index (χ1) is 6.22. The summed E-state index contributed by atoms with van der Waals surface area (Å²) < 4.78 is 0. The molecule has 2 rings (SSSR count). The van der Waals surface area contributed by atoms with Crippen molar-refractivity contribution < 1.29 is 5.11 Å². The van der Waals surface area contributed by atoms with Crippen LogP contribution < -0.4 is 0 Å². The predicted octanol–water partition coefficient (Wildman–Crippen LogP) is 0.790. The molecule has 1 aliphatic heterocycles. The van der Waals surface area contributed by atoms with E-state index in [1.807, 2.05) is 25.9 Å². The number of rotatable bonds is 1. The van der Waals surface area contributed by atoms with Gasteiger partial charge < -0.3 is 10.0 Å². The number of fused-ring (bicyclic) bond motifs is 1. The molecule has 1 aliphatic carbocycles.